The van der Waals surface area contributed by atoms with E-state index in [2.05, 4.69) is 20.3 Å². The summed E-state index contributed by atoms with van der Waals surface area (Å²) in [6.07, 6.45) is 1.73. The molecule has 2 N–H and O–H groups in total. The fourth-order valence-corrected chi connectivity index (χ4v) is 3.92. The summed E-state index contributed by atoms with van der Waals surface area (Å²) in [6.45, 7) is 0. The summed E-state index contributed by atoms with van der Waals surface area (Å²) in [5, 5.41) is 4.94. The second-order valence-electron chi connectivity index (χ2n) is 6.78. The normalized spacial score (nSPS) is 11.1. The molecule has 146 valence electrons. The molecule has 0 aliphatic carbocycles. The molecule has 0 fully saturated rings. The van der Waals surface area contributed by atoms with Crippen molar-refractivity contribution in [3.8, 4) is 11.4 Å². The topological polar surface area (TPSA) is 70.7 Å². The number of halogens is 2. The number of carbonyl (C=O) groups excluding carboxylic acids is 1. The van der Waals surface area contributed by atoms with Crippen molar-refractivity contribution in [2.45, 2.75) is 0 Å². The van der Waals surface area contributed by atoms with Crippen molar-refractivity contribution in [2.75, 3.05) is 5.32 Å². The fraction of sp³-hybridized carbons (Fsp3) is 0. The number of nitrogens with one attached hydrogen (secondary N) is 2. The van der Waals surface area contributed by atoms with E-state index in [4.69, 9.17) is 23.2 Å². The van der Waals surface area contributed by atoms with Gasteiger partial charge in [-0.1, -0.05) is 41.4 Å². The number of aromatic amines is 1. The highest BCUT2D eigenvalue weighted by Crippen LogP contribution is 2.34. The quantitative estimate of drug-likeness (QED) is 0.349. The zero-order valence-corrected chi connectivity index (χ0v) is 17.0. The van der Waals surface area contributed by atoms with E-state index >= 15 is 0 Å². The van der Waals surface area contributed by atoms with Crippen LogP contribution in [0.5, 0.6) is 0 Å². The zero-order valence-electron chi connectivity index (χ0n) is 15.5. The molecule has 0 bridgehead atoms. The lowest BCUT2D eigenvalue weighted by Gasteiger charge is -2.06. The second kappa shape index (κ2) is 7.44. The van der Waals surface area contributed by atoms with Crippen molar-refractivity contribution in [1.29, 1.82) is 0 Å². The molecule has 0 saturated heterocycles. The third-order valence-electron chi connectivity index (χ3n) is 4.81. The minimum absolute atomic E-state index is 0.223. The number of benzene rings is 3. The number of fused-ring (bicyclic) bond motifs is 2. The van der Waals surface area contributed by atoms with Gasteiger partial charge in [-0.2, -0.15) is 0 Å². The molecule has 0 unspecified atom stereocenters. The maximum Gasteiger partial charge on any atom is 0.255 e. The molecule has 0 aliphatic rings. The van der Waals surface area contributed by atoms with Crippen LogP contribution in [0.25, 0.3) is 33.3 Å². The molecule has 0 atom stereocenters. The first-order valence-corrected chi connectivity index (χ1v) is 9.94. The SMILES string of the molecule is O=C(Nc1ccc2cccnc2c1)c1ccc2nc(-c3c(Cl)cccc3Cl)[nH]c2c1. The smallest absolute Gasteiger partial charge is 0.255 e. The molecular weight excluding hydrogens is 419 g/mol. The predicted octanol–water partition coefficient (Wildman–Crippen LogP) is 6.34. The van der Waals surface area contributed by atoms with Crippen LogP contribution in [-0.4, -0.2) is 20.9 Å². The second-order valence-corrected chi connectivity index (χ2v) is 7.59. The van der Waals surface area contributed by atoms with Gasteiger partial charge in [-0.25, -0.2) is 4.98 Å². The number of amides is 1. The van der Waals surface area contributed by atoms with Gasteiger partial charge in [-0.05, 0) is 48.5 Å². The monoisotopic (exact) mass is 432 g/mol. The number of nitrogens with zero attached hydrogens (tertiary/aromatic N) is 2. The summed E-state index contributed by atoms with van der Waals surface area (Å²) in [5.74, 6) is 0.331. The van der Waals surface area contributed by atoms with E-state index in [1.807, 2.05) is 30.3 Å². The maximum absolute atomic E-state index is 12.8. The summed E-state index contributed by atoms with van der Waals surface area (Å²) < 4.78 is 0. The fourth-order valence-electron chi connectivity index (χ4n) is 3.34. The van der Waals surface area contributed by atoms with Crippen molar-refractivity contribution < 1.29 is 4.79 Å². The first-order chi connectivity index (χ1) is 14.6. The van der Waals surface area contributed by atoms with Crippen LogP contribution >= 0.6 is 23.2 Å². The van der Waals surface area contributed by atoms with Crippen LogP contribution in [0, 0.1) is 0 Å². The van der Waals surface area contributed by atoms with Gasteiger partial charge in [0.25, 0.3) is 5.91 Å². The van der Waals surface area contributed by atoms with Crippen LogP contribution in [-0.2, 0) is 0 Å². The summed E-state index contributed by atoms with van der Waals surface area (Å²) in [4.78, 5) is 24.9. The molecule has 0 spiro atoms. The molecule has 2 aromatic heterocycles. The van der Waals surface area contributed by atoms with Gasteiger partial charge < -0.3 is 10.3 Å². The van der Waals surface area contributed by atoms with Gasteiger partial charge in [0.2, 0.25) is 0 Å². The number of hydrogen-bond acceptors (Lipinski definition) is 3. The number of rotatable bonds is 3. The van der Waals surface area contributed by atoms with Crippen LogP contribution in [0.2, 0.25) is 10.0 Å². The average molecular weight is 433 g/mol. The van der Waals surface area contributed by atoms with Gasteiger partial charge in [-0.3, -0.25) is 9.78 Å². The Kier molecular flexibility index (Phi) is 4.62. The Hall–Kier alpha value is -3.41. The Bertz CT molecular complexity index is 1410. The van der Waals surface area contributed by atoms with E-state index in [0.29, 0.717) is 43.7 Å². The highest BCUT2D eigenvalue weighted by atomic mass is 35.5. The zero-order chi connectivity index (χ0) is 20.7. The molecule has 5 nitrogen and oxygen atoms in total. The standard InChI is InChI=1S/C23H14Cl2N4O/c24-16-4-1-5-17(25)21(16)22-28-18-9-7-14(11-20(18)29-22)23(30)27-15-8-6-13-3-2-10-26-19(13)12-15/h1-12H,(H,27,30)(H,28,29). The summed E-state index contributed by atoms with van der Waals surface area (Å²) in [7, 11) is 0. The van der Waals surface area contributed by atoms with Gasteiger partial charge in [0.1, 0.15) is 5.82 Å². The van der Waals surface area contributed by atoms with Crippen LogP contribution in [0.15, 0.2) is 72.9 Å². The molecule has 30 heavy (non-hydrogen) atoms. The summed E-state index contributed by atoms with van der Waals surface area (Å²) >= 11 is 12.6. The average Bonchev–Trinajstić information content (AvgIpc) is 3.16. The molecule has 5 aromatic rings. The van der Waals surface area contributed by atoms with E-state index in [0.717, 1.165) is 10.9 Å². The van der Waals surface area contributed by atoms with Gasteiger partial charge in [-0.15, -0.1) is 0 Å². The Morgan fingerprint density at radius 2 is 1.73 bits per heavy atom. The van der Waals surface area contributed by atoms with Crippen LogP contribution < -0.4 is 5.32 Å². The molecule has 1 amide bonds. The molecule has 2 heterocycles. The molecule has 5 rings (SSSR count). The Labute approximate surface area is 181 Å². The van der Waals surface area contributed by atoms with Gasteiger partial charge >= 0.3 is 0 Å². The van der Waals surface area contributed by atoms with Gasteiger partial charge in [0.15, 0.2) is 0 Å². The molecule has 0 radical (unpaired) electrons. The van der Waals surface area contributed by atoms with Crippen molar-refractivity contribution in [3.63, 3.8) is 0 Å². The van der Waals surface area contributed by atoms with E-state index in [-0.39, 0.29) is 5.91 Å². The first-order valence-electron chi connectivity index (χ1n) is 9.19. The Morgan fingerprint density at radius 1 is 0.900 bits per heavy atom. The highest BCUT2D eigenvalue weighted by Gasteiger charge is 2.14. The molecule has 0 saturated carbocycles. The van der Waals surface area contributed by atoms with Gasteiger partial charge in [0, 0.05) is 22.8 Å². The van der Waals surface area contributed by atoms with Crippen LogP contribution in [0.3, 0.4) is 0 Å². The number of pyridine rings is 1. The van der Waals surface area contributed by atoms with E-state index in [1.165, 1.54) is 0 Å². The largest absolute Gasteiger partial charge is 0.338 e. The Morgan fingerprint density at radius 3 is 2.57 bits per heavy atom. The van der Waals surface area contributed by atoms with Crippen molar-refractivity contribution in [1.82, 2.24) is 15.0 Å². The number of hydrogen-bond donors (Lipinski definition) is 2. The van der Waals surface area contributed by atoms with E-state index < -0.39 is 0 Å². The van der Waals surface area contributed by atoms with Crippen molar-refractivity contribution in [2.24, 2.45) is 0 Å². The summed E-state index contributed by atoms with van der Waals surface area (Å²) in [6, 6.07) is 20.1. The minimum Gasteiger partial charge on any atom is -0.338 e. The van der Waals surface area contributed by atoms with E-state index in [1.54, 1.807) is 42.6 Å². The third-order valence-corrected chi connectivity index (χ3v) is 5.44. The number of carbonyl (C=O) groups is 1. The number of imidazole rings is 1. The molecule has 3 aromatic carbocycles. The molecule has 7 heteroatoms. The summed E-state index contributed by atoms with van der Waals surface area (Å²) in [5.41, 5.74) is 4.07. The number of anilines is 1. The first kappa shape index (κ1) is 18.6. The lowest BCUT2D eigenvalue weighted by Crippen LogP contribution is -2.11. The predicted molar refractivity (Wildman–Crippen MR) is 121 cm³/mol. The maximum atomic E-state index is 12.8. The minimum atomic E-state index is -0.223. The third kappa shape index (κ3) is 3.38. The van der Waals surface area contributed by atoms with Crippen molar-refractivity contribution in [3.05, 3.63) is 88.5 Å². The Balaban J connectivity index is 1.46. The highest BCUT2D eigenvalue weighted by molar-refractivity contribution is 6.39. The van der Waals surface area contributed by atoms with E-state index in [9.17, 15) is 4.79 Å². The molecular formula is C23H14Cl2N4O. The van der Waals surface area contributed by atoms with Crippen molar-refractivity contribution >= 4 is 56.7 Å². The lowest BCUT2D eigenvalue weighted by atomic mass is 10.1. The number of aromatic nitrogens is 3. The lowest BCUT2D eigenvalue weighted by molar-refractivity contribution is 0.102. The van der Waals surface area contributed by atoms with Gasteiger partial charge in [0.05, 0.1) is 32.2 Å². The molecule has 0 aliphatic heterocycles. The van der Waals surface area contributed by atoms with Crippen LogP contribution in [0.1, 0.15) is 10.4 Å². The number of H-pyrrole nitrogens is 1. The van der Waals surface area contributed by atoms with Crippen LogP contribution in [0.4, 0.5) is 5.69 Å².